The molecule has 3 aromatic rings. The van der Waals surface area contributed by atoms with Gasteiger partial charge in [0.1, 0.15) is 0 Å². The van der Waals surface area contributed by atoms with Crippen LogP contribution in [0.4, 0.5) is 0 Å². The molecular formula is C21H28N6O. The van der Waals surface area contributed by atoms with E-state index in [1.807, 2.05) is 50.5 Å². The summed E-state index contributed by atoms with van der Waals surface area (Å²) in [6.45, 7) is 9.79. The lowest BCUT2D eigenvalue weighted by Crippen LogP contribution is -2.39. The number of hydrogen-bond donors (Lipinski definition) is 0. The van der Waals surface area contributed by atoms with Crippen LogP contribution in [0.3, 0.4) is 0 Å². The Bertz CT molecular complexity index is 1080. The molecule has 0 aromatic carbocycles. The molecule has 1 saturated heterocycles. The van der Waals surface area contributed by atoms with Crippen molar-refractivity contribution in [2.75, 3.05) is 13.1 Å². The molecule has 0 bridgehead atoms. The summed E-state index contributed by atoms with van der Waals surface area (Å²) in [4.78, 5) is 20.4. The Morgan fingerprint density at radius 1 is 1.11 bits per heavy atom. The highest BCUT2D eigenvalue weighted by molar-refractivity contribution is 6.07. The minimum atomic E-state index is 0.0792. The maximum Gasteiger partial charge on any atom is 0.254 e. The maximum absolute atomic E-state index is 13.5. The van der Waals surface area contributed by atoms with Crippen molar-refractivity contribution in [3.05, 3.63) is 28.7 Å². The normalized spacial score (nSPS) is 17.5. The van der Waals surface area contributed by atoms with Gasteiger partial charge < -0.3 is 4.90 Å². The molecule has 1 atom stereocenters. The van der Waals surface area contributed by atoms with Gasteiger partial charge in [-0.1, -0.05) is 6.92 Å². The molecule has 1 amide bonds. The molecule has 7 heteroatoms. The summed E-state index contributed by atoms with van der Waals surface area (Å²) in [5.41, 5.74) is 6.00. The van der Waals surface area contributed by atoms with Gasteiger partial charge in [0.15, 0.2) is 5.65 Å². The molecule has 1 fully saturated rings. The Morgan fingerprint density at radius 2 is 1.82 bits per heavy atom. The minimum Gasteiger partial charge on any atom is -0.338 e. The second-order valence-electron chi connectivity index (χ2n) is 8.13. The van der Waals surface area contributed by atoms with Crippen molar-refractivity contribution in [1.82, 2.24) is 29.4 Å². The number of rotatable bonds is 2. The third-order valence-corrected chi connectivity index (χ3v) is 5.91. The molecule has 0 spiro atoms. The molecule has 0 saturated carbocycles. The number of hydrogen-bond acceptors (Lipinski definition) is 4. The first-order valence-electron chi connectivity index (χ1n) is 9.92. The van der Waals surface area contributed by atoms with E-state index in [1.165, 1.54) is 6.42 Å². The topological polar surface area (TPSA) is 68.8 Å². The fourth-order valence-corrected chi connectivity index (χ4v) is 4.43. The van der Waals surface area contributed by atoms with Crippen molar-refractivity contribution < 1.29 is 4.79 Å². The van der Waals surface area contributed by atoms with Gasteiger partial charge in [-0.05, 0) is 45.6 Å². The average Bonchev–Trinajstić information content (AvgIpc) is 3.08. The maximum atomic E-state index is 13.5. The predicted molar refractivity (Wildman–Crippen MR) is 109 cm³/mol. The van der Waals surface area contributed by atoms with E-state index in [0.29, 0.717) is 11.5 Å². The van der Waals surface area contributed by atoms with Crippen LogP contribution < -0.4 is 0 Å². The highest BCUT2D eigenvalue weighted by Crippen LogP contribution is 2.31. The number of carbonyl (C=O) groups is 1. The van der Waals surface area contributed by atoms with Crippen LogP contribution in [0.5, 0.6) is 0 Å². The van der Waals surface area contributed by atoms with Crippen LogP contribution in [0.25, 0.3) is 22.3 Å². The average molecular weight is 380 g/mol. The van der Waals surface area contributed by atoms with E-state index >= 15 is 0 Å². The van der Waals surface area contributed by atoms with Crippen LogP contribution in [0.1, 0.15) is 47.2 Å². The Balaban J connectivity index is 1.93. The van der Waals surface area contributed by atoms with E-state index in [4.69, 9.17) is 4.98 Å². The van der Waals surface area contributed by atoms with Crippen LogP contribution >= 0.6 is 0 Å². The van der Waals surface area contributed by atoms with E-state index in [1.54, 1.807) is 4.68 Å². The summed E-state index contributed by atoms with van der Waals surface area (Å²) in [6.07, 6.45) is 2.24. The predicted octanol–water partition coefficient (Wildman–Crippen LogP) is 3.17. The number of amides is 1. The van der Waals surface area contributed by atoms with Gasteiger partial charge in [-0.15, -0.1) is 0 Å². The molecule has 0 unspecified atom stereocenters. The summed E-state index contributed by atoms with van der Waals surface area (Å²) in [5.74, 6) is 0.614. The zero-order chi connectivity index (χ0) is 20.2. The number of likely N-dealkylation sites (tertiary alicyclic amines) is 1. The number of aryl methyl sites for hydroxylation is 4. The molecule has 3 aromatic heterocycles. The standard InChI is InChI=1S/C21H28N6O/c1-12-8-7-9-27(11-12)21(28)16-10-17(18-13(2)23-25(5)15(18)4)22-20-19(16)14(3)24-26(20)6/h10,12H,7-9,11H2,1-6H3/t12-/m1/s1. The second-order valence-corrected chi connectivity index (χ2v) is 8.13. The fourth-order valence-electron chi connectivity index (χ4n) is 4.43. The first kappa shape index (κ1) is 18.7. The Morgan fingerprint density at radius 3 is 2.46 bits per heavy atom. The first-order chi connectivity index (χ1) is 13.3. The number of carbonyl (C=O) groups excluding carboxylic acids is 1. The van der Waals surface area contributed by atoms with Crippen molar-refractivity contribution in [2.24, 2.45) is 20.0 Å². The number of nitrogens with zero attached hydrogens (tertiary/aromatic N) is 6. The van der Waals surface area contributed by atoms with Gasteiger partial charge in [0, 0.05) is 38.4 Å². The highest BCUT2D eigenvalue weighted by Gasteiger charge is 2.27. The van der Waals surface area contributed by atoms with Gasteiger partial charge >= 0.3 is 0 Å². The molecule has 1 aliphatic rings. The number of fused-ring (bicyclic) bond motifs is 1. The van der Waals surface area contributed by atoms with Crippen molar-refractivity contribution in [3.63, 3.8) is 0 Å². The van der Waals surface area contributed by atoms with Gasteiger partial charge in [0.05, 0.1) is 28.0 Å². The molecule has 0 radical (unpaired) electrons. The zero-order valence-electron chi connectivity index (χ0n) is 17.6. The third kappa shape index (κ3) is 2.89. The number of pyridine rings is 1. The monoisotopic (exact) mass is 380 g/mol. The second kappa shape index (κ2) is 6.72. The molecule has 0 N–H and O–H groups in total. The number of aromatic nitrogens is 5. The SMILES string of the molecule is Cc1nn(C)c(C)c1-c1cc(C(=O)N2CCC[C@@H](C)C2)c2c(C)nn(C)c2n1. The van der Waals surface area contributed by atoms with Crippen LogP contribution in [-0.4, -0.2) is 48.4 Å². The molecule has 4 rings (SSSR count). The van der Waals surface area contributed by atoms with E-state index in [-0.39, 0.29) is 5.91 Å². The van der Waals surface area contributed by atoms with E-state index < -0.39 is 0 Å². The quantitative estimate of drug-likeness (QED) is 0.685. The highest BCUT2D eigenvalue weighted by atomic mass is 16.2. The Labute approximate surface area is 165 Å². The van der Waals surface area contributed by atoms with Crippen molar-refractivity contribution in [3.8, 4) is 11.3 Å². The van der Waals surface area contributed by atoms with Gasteiger partial charge in [-0.2, -0.15) is 10.2 Å². The van der Waals surface area contributed by atoms with Gasteiger partial charge in [0.25, 0.3) is 5.91 Å². The third-order valence-electron chi connectivity index (χ3n) is 5.91. The molecule has 7 nitrogen and oxygen atoms in total. The lowest BCUT2D eigenvalue weighted by atomic mass is 9.98. The first-order valence-corrected chi connectivity index (χ1v) is 9.92. The summed E-state index contributed by atoms with van der Waals surface area (Å²) in [7, 11) is 3.81. The molecular weight excluding hydrogens is 352 g/mol. The van der Waals surface area contributed by atoms with Gasteiger partial charge in [-0.25, -0.2) is 4.98 Å². The fraction of sp³-hybridized carbons (Fsp3) is 0.524. The number of piperidine rings is 1. The Hall–Kier alpha value is -2.70. The lowest BCUT2D eigenvalue weighted by Gasteiger charge is -2.31. The smallest absolute Gasteiger partial charge is 0.254 e. The van der Waals surface area contributed by atoms with Crippen molar-refractivity contribution >= 4 is 16.9 Å². The Kier molecular flexibility index (Phi) is 4.48. The van der Waals surface area contributed by atoms with E-state index in [2.05, 4.69) is 17.1 Å². The van der Waals surface area contributed by atoms with Gasteiger partial charge in [0.2, 0.25) is 0 Å². The van der Waals surface area contributed by atoms with Crippen LogP contribution in [0.2, 0.25) is 0 Å². The van der Waals surface area contributed by atoms with E-state index in [0.717, 1.165) is 58.9 Å². The molecule has 28 heavy (non-hydrogen) atoms. The van der Waals surface area contributed by atoms with E-state index in [9.17, 15) is 4.79 Å². The summed E-state index contributed by atoms with van der Waals surface area (Å²) >= 11 is 0. The zero-order valence-corrected chi connectivity index (χ0v) is 17.6. The molecule has 148 valence electrons. The van der Waals surface area contributed by atoms with Crippen molar-refractivity contribution in [1.29, 1.82) is 0 Å². The van der Waals surface area contributed by atoms with Crippen molar-refractivity contribution in [2.45, 2.75) is 40.5 Å². The molecule has 1 aliphatic heterocycles. The van der Waals surface area contributed by atoms with Crippen LogP contribution in [0.15, 0.2) is 6.07 Å². The largest absolute Gasteiger partial charge is 0.338 e. The van der Waals surface area contributed by atoms with Crippen LogP contribution in [-0.2, 0) is 14.1 Å². The van der Waals surface area contributed by atoms with Gasteiger partial charge in [-0.3, -0.25) is 14.2 Å². The minimum absolute atomic E-state index is 0.0792. The summed E-state index contributed by atoms with van der Waals surface area (Å²) in [6, 6.07) is 1.94. The summed E-state index contributed by atoms with van der Waals surface area (Å²) < 4.78 is 3.63. The molecule has 0 aliphatic carbocycles. The lowest BCUT2D eigenvalue weighted by molar-refractivity contribution is 0.0685. The summed E-state index contributed by atoms with van der Waals surface area (Å²) in [5, 5.41) is 9.92. The van der Waals surface area contributed by atoms with Crippen LogP contribution in [0, 0.1) is 26.7 Å². The molecule has 4 heterocycles.